The van der Waals surface area contributed by atoms with Crippen LogP contribution in [0.4, 0.5) is 13.6 Å². The molecule has 3 N–H and O–H groups in total. The van der Waals surface area contributed by atoms with Crippen molar-refractivity contribution in [2.24, 2.45) is 0 Å². The molecule has 1 unspecified atom stereocenters. The van der Waals surface area contributed by atoms with Gasteiger partial charge in [-0.25, -0.2) is 18.4 Å². The Labute approximate surface area is 200 Å². The summed E-state index contributed by atoms with van der Waals surface area (Å²) in [4.78, 5) is 37.1. The molecule has 2 aromatic rings. The number of ether oxygens (including phenoxy) is 2. The maximum absolute atomic E-state index is 13.0. The second-order valence-corrected chi connectivity index (χ2v) is 8.64. The summed E-state index contributed by atoms with van der Waals surface area (Å²) in [6.07, 6.45) is -4.73. The molecule has 0 spiro atoms. The summed E-state index contributed by atoms with van der Waals surface area (Å²) in [6.45, 7) is 0.282. The van der Waals surface area contributed by atoms with Crippen LogP contribution in [0.15, 0.2) is 48.5 Å². The summed E-state index contributed by atoms with van der Waals surface area (Å²) in [5, 5.41) is 13.9. The lowest BCUT2D eigenvalue weighted by Crippen LogP contribution is -2.63. The van der Waals surface area contributed by atoms with E-state index in [0.29, 0.717) is 0 Å². The highest BCUT2D eigenvalue weighted by Crippen LogP contribution is 2.44. The largest absolute Gasteiger partial charge is 0.480 e. The number of alkyl halides is 2. The molecule has 2 aromatic carbocycles. The molecule has 0 aromatic heterocycles. The van der Waals surface area contributed by atoms with Crippen LogP contribution in [-0.4, -0.2) is 60.9 Å². The number of nitrogens with one attached hydrogen (secondary N) is 2. The molecule has 8 nitrogen and oxygen atoms in total. The molecule has 1 aliphatic carbocycles. The summed E-state index contributed by atoms with van der Waals surface area (Å²) in [5.74, 6) is -2.63. The van der Waals surface area contributed by atoms with Gasteiger partial charge in [0.15, 0.2) is 0 Å². The minimum absolute atomic E-state index is 0.0250. The zero-order valence-electron chi connectivity index (χ0n) is 18.8. The third-order valence-corrected chi connectivity index (χ3v) is 6.48. The third kappa shape index (κ3) is 5.27. The maximum Gasteiger partial charge on any atom is 0.408 e. The maximum atomic E-state index is 13.0. The van der Waals surface area contributed by atoms with Crippen LogP contribution in [0.5, 0.6) is 0 Å². The Balaban J connectivity index is 1.46. The standard InChI is InChI=1S/C25H26F2N2O6/c26-21(27)13-20(22(30)31)28-23(32)25(9-11-34-12-10-25)29-24(33)35-14-19-17-7-3-1-5-15(17)16-6-2-4-8-18(16)19/h1-8,19-21H,9-14H2,(H,28,32)(H,29,33)(H,30,31). The first-order valence-corrected chi connectivity index (χ1v) is 11.3. The van der Waals surface area contributed by atoms with Gasteiger partial charge >= 0.3 is 12.1 Å². The van der Waals surface area contributed by atoms with E-state index in [1.807, 2.05) is 48.5 Å². The Bertz CT molecular complexity index is 1060. The number of carboxylic acid groups (broad SMARTS) is 1. The molecule has 2 aliphatic rings. The first kappa shape index (κ1) is 24.6. The van der Waals surface area contributed by atoms with Gasteiger partial charge in [-0.2, -0.15) is 0 Å². The fraction of sp³-hybridized carbons (Fsp3) is 0.400. The Morgan fingerprint density at radius 1 is 1.03 bits per heavy atom. The zero-order chi connectivity index (χ0) is 25.0. The van der Waals surface area contributed by atoms with Crippen molar-refractivity contribution in [1.29, 1.82) is 0 Å². The average molecular weight is 488 g/mol. The van der Waals surface area contributed by atoms with E-state index in [4.69, 9.17) is 9.47 Å². The predicted octanol–water partition coefficient (Wildman–Crippen LogP) is 3.30. The van der Waals surface area contributed by atoms with Gasteiger partial charge in [0.2, 0.25) is 12.3 Å². The molecule has 186 valence electrons. The van der Waals surface area contributed by atoms with Crippen LogP contribution < -0.4 is 10.6 Å². The Hall–Kier alpha value is -3.53. The molecule has 0 bridgehead atoms. The van der Waals surface area contributed by atoms with Gasteiger partial charge in [-0.1, -0.05) is 48.5 Å². The molecular formula is C25H26F2N2O6. The lowest BCUT2D eigenvalue weighted by molar-refractivity contribution is -0.145. The third-order valence-electron chi connectivity index (χ3n) is 6.48. The molecule has 0 radical (unpaired) electrons. The highest BCUT2D eigenvalue weighted by molar-refractivity contribution is 5.93. The summed E-state index contributed by atoms with van der Waals surface area (Å²) in [6, 6.07) is 13.9. The van der Waals surface area contributed by atoms with Gasteiger partial charge in [0.1, 0.15) is 18.2 Å². The molecule has 1 atom stereocenters. The summed E-state index contributed by atoms with van der Waals surface area (Å²) in [7, 11) is 0. The second-order valence-electron chi connectivity index (χ2n) is 8.64. The first-order valence-electron chi connectivity index (χ1n) is 11.3. The minimum atomic E-state index is -2.92. The van der Waals surface area contributed by atoms with E-state index >= 15 is 0 Å². The molecule has 35 heavy (non-hydrogen) atoms. The van der Waals surface area contributed by atoms with Crippen molar-refractivity contribution in [2.75, 3.05) is 19.8 Å². The number of rotatable bonds is 8. The van der Waals surface area contributed by atoms with Crippen LogP contribution in [0.25, 0.3) is 11.1 Å². The number of benzene rings is 2. The highest BCUT2D eigenvalue weighted by Gasteiger charge is 2.44. The number of carboxylic acids is 1. The van der Waals surface area contributed by atoms with Gasteiger partial charge in [-0.3, -0.25) is 4.79 Å². The molecule has 10 heteroatoms. The molecule has 1 aliphatic heterocycles. The smallest absolute Gasteiger partial charge is 0.408 e. The van der Waals surface area contributed by atoms with Crippen LogP contribution in [0.3, 0.4) is 0 Å². The predicted molar refractivity (Wildman–Crippen MR) is 121 cm³/mol. The number of carbonyl (C=O) groups is 3. The number of fused-ring (bicyclic) bond motifs is 3. The van der Waals surface area contributed by atoms with Crippen molar-refractivity contribution in [3.05, 3.63) is 59.7 Å². The van der Waals surface area contributed by atoms with Gasteiger partial charge in [-0.15, -0.1) is 0 Å². The van der Waals surface area contributed by atoms with Gasteiger partial charge in [0.05, 0.1) is 0 Å². The molecular weight excluding hydrogens is 462 g/mol. The van der Waals surface area contributed by atoms with E-state index in [1.54, 1.807) is 0 Å². The molecule has 4 rings (SSSR count). The quantitative estimate of drug-likeness (QED) is 0.526. The number of halogens is 2. The van der Waals surface area contributed by atoms with Crippen molar-refractivity contribution in [2.45, 2.75) is 43.2 Å². The number of amides is 2. The van der Waals surface area contributed by atoms with Gasteiger partial charge < -0.3 is 25.2 Å². The summed E-state index contributed by atoms with van der Waals surface area (Å²) in [5.41, 5.74) is 2.65. The number of carbonyl (C=O) groups excluding carboxylic acids is 2. The average Bonchev–Trinajstić information content (AvgIpc) is 3.16. The summed E-state index contributed by atoms with van der Waals surface area (Å²) < 4.78 is 36.4. The molecule has 1 fully saturated rings. The van der Waals surface area contributed by atoms with E-state index in [2.05, 4.69) is 10.6 Å². The van der Waals surface area contributed by atoms with Crippen molar-refractivity contribution in [3.8, 4) is 11.1 Å². The summed E-state index contributed by atoms with van der Waals surface area (Å²) >= 11 is 0. The monoisotopic (exact) mass is 488 g/mol. The van der Waals surface area contributed by atoms with Crippen LogP contribution in [-0.2, 0) is 19.1 Å². The van der Waals surface area contributed by atoms with Crippen LogP contribution in [0.2, 0.25) is 0 Å². The molecule has 1 saturated heterocycles. The van der Waals surface area contributed by atoms with Gasteiger partial charge in [-0.05, 0) is 22.3 Å². The Morgan fingerprint density at radius 3 is 2.14 bits per heavy atom. The van der Waals surface area contributed by atoms with Crippen LogP contribution in [0, 0.1) is 0 Å². The fourth-order valence-electron chi connectivity index (χ4n) is 4.65. The van der Waals surface area contributed by atoms with Crippen LogP contribution in [0.1, 0.15) is 36.3 Å². The van der Waals surface area contributed by atoms with Crippen molar-refractivity contribution in [1.82, 2.24) is 10.6 Å². The zero-order valence-corrected chi connectivity index (χ0v) is 18.8. The van der Waals surface area contributed by atoms with E-state index in [1.165, 1.54) is 0 Å². The Kier molecular flexibility index (Phi) is 7.30. The lowest BCUT2D eigenvalue weighted by atomic mass is 9.88. The second kappa shape index (κ2) is 10.4. The minimum Gasteiger partial charge on any atom is -0.480 e. The van der Waals surface area contributed by atoms with Crippen molar-refractivity contribution < 1.29 is 37.7 Å². The Morgan fingerprint density at radius 2 is 1.60 bits per heavy atom. The molecule has 0 saturated carbocycles. The normalized spacial score (nSPS) is 17.2. The van der Waals surface area contributed by atoms with Crippen molar-refractivity contribution >= 4 is 18.0 Å². The highest BCUT2D eigenvalue weighted by atomic mass is 19.3. The van der Waals surface area contributed by atoms with Gasteiger partial charge in [0, 0.05) is 38.4 Å². The topological polar surface area (TPSA) is 114 Å². The number of hydrogen-bond acceptors (Lipinski definition) is 5. The molecule has 1 heterocycles. The molecule has 2 amide bonds. The van der Waals surface area contributed by atoms with Crippen molar-refractivity contribution in [3.63, 3.8) is 0 Å². The fourth-order valence-corrected chi connectivity index (χ4v) is 4.65. The number of aliphatic carboxylic acids is 1. The van der Waals surface area contributed by atoms with E-state index in [9.17, 15) is 28.3 Å². The number of hydrogen-bond donors (Lipinski definition) is 3. The SMILES string of the molecule is O=C(NC1(C(=O)NC(CC(F)F)C(=O)O)CCOCC1)OCC1c2ccccc2-c2ccccc21. The first-order chi connectivity index (χ1) is 16.8. The van der Waals surface area contributed by atoms with Crippen LogP contribution >= 0.6 is 0 Å². The number of alkyl carbamates (subject to hydrolysis) is 1. The van der Waals surface area contributed by atoms with Gasteiger partial charge in [0.25, 0.3) is 0 Å². The van der Waals surface area contributed by atoms with E-state index < -0.39 is 42.4 Å². The van der Waals surface area contributed by atoms with E-state index in [-0.39, 0.29) is 38.6 Å². The lowest BCUT2D eigenvalue weighted by Gasteiger charge is -2.36. The van der Waals surface area contributed by atoms with E-state index in [0.717, 1.165) is 22.3 Å².